The highest BCUT2D eigenvalue weighted by Crippen LogP contribution is 2.45. The Kier molecular flexibility index (Phi) is 3.91. The minimum atomic E-state index is -1.64. The van der Waals surface area contributed by atoms with Crippen LogP contribution in [-0.4, -0.2) is 41.2 Å². The van der Waals surface area contributed by atoms with Crippen LogP contribution in [0.1, 0.15) is 30.9 Å². The maximum atomic E-state index is 13.4. The normalized spacial score (nSPS) is 22.6. The number of non-ortho nitro benzene ring substituents is 1. The maximum absolute atomic E-state index is 13.4. The van der Waals surface area contributed by atoms with E-state index < -0.39 is 29.9 Å². The average molecular weight is 326 g/mol. The van der Waals surface area contributed by atoms with Gasteiger partial charge in [-0.3, -0.25) is 14.9 Å². The van der Waals surface area contributed by atoms with Gasteiger partial charge in [-0.05, 0) is 12.5 Å². The second-order valence-electron chi connectivity index (χ2n) is 5.94. The van der Waals surface area contributed by atoms with Crippen molar-refractivity contribution in [3.63, 3.8) is 0 Å². The molecule has 1 aromatic rings. The summed E-state index contributed by atoms with van der Waals surface area (Å²) in [6.45, 7) is -1.59. The van der Waals surface area contributed by atoms with E-state index >= 15 is 0 Å². The number of hydrogen-bond donors (Lipinski definition) is 0. The lowest BCUT2D eigenvalue weighted by molar-refractivity contribution is -0.385. The first kappa shape index (κ1) is 15.6. The second kappa shape index (κ2) is 5.75. The summed E-state index contributed by atoms with van der Waals surface area (Å²) < 4.78 is 32.3. The number of nitrogens with zero attached hydrogens (tertiary/aromatic N) is 2. The molecule has 2 aliphatic rings. The van der Waals surface area contributed by atoms with Crippen LogP contribution in [0.25, 0.3) is 0 Å². The van der Waals surface area contributed by atoms with Crippen LogP contribution < -0.4 is 4.74 Å². The lowest BCUT2D eigenvalue weighted by Crippen LogP contribution is -2.49. The van der Waals surface area contributed by atoms with Gasteiger partial charge in [0.15, 0.2) is 5.60 Å². The van der Waals surface area contributed by atoms with Crippen LogP contribution in [0.5, 0.6) is 5.75 Å². The number of amides is 1. The van der Waals surface area contributed by atoms with Crippen LogP contribution in [0, 0.1) is 10.1 Å². The number of alkyl halides is 2. The molecule has 2 heterocycles. The van der Waals surface area contributed by atoms with Crippen LogP contribution in [0.2, 0.25) is 0 Å². The molecular formula is C15H16F2N2O4. The Balaban J connectivity index is 2.07. The van der Waals surface area contributed by atoms with Crippen LogP contribution >= 0.6 is 0 Å². The Morgan fingerprint density at radius 1 is 1.39 bits per heavy atom. The number of carbonyl (C=O) groups is 1. The van der Waals surface area contributed by atoms with Crippen LogP contribution in [-0.2, 0) is 4.79 Å². The van der Waals surface area contributed by atoms with Crippen molar-refractivity contribution < 1.29 is 23.2 Å². The van der Waals surface area contributed by atoms with Gasteiger partial charge in [0.1, 0.15) is 19.1 Å². The first-order chi connectivity index (χ1) is 11.0. The van der Waals surface area contributed by atoms with Crippen LogP contribution in [0.4, 0.5) is 14.5 Å². The third kappa shape index (κ3) is 2.62. The summed E-state index contributed by atoms with van der Waals surface area (Å²) in [6, 6.07) is 3.29. The fourth-order valence-corrected chi connectivity index (χ4v) is 3.22. The first-order valence-corrected chi connectivity index (χ1v) is 7.38. The molecule has 0 aliphatic carbocycles. The molecule has 0 N–H and O–H groups in total. The summed E-state index contributed by atoms with van der Waals surface area (Å²) >= 11 is 0. The Bertz CT molecular complexity index is 648. The van der Waals surface area contributed by atoms with Gasteiger partial charge in [-0.25, -0.2) is 8.78 Å². The van der Waals surface area contributed by atoms with Gasteiger partial charge in [0.25, 0.3) is 5.69 Å². The molecule has 0 saturated carbocycles. The van der Waals surface area contributed by atoms with Gasteiger partial charge in [-0.1, -0.05) is 0 Å². The highest BCUT2D eigenvalue weighted by molar-refractivity contribution is 5.79. The summed E-state index contributed by atoms with van der Waals surface area (Å²) in [7, 11) is 0. The molecule has 1 amide bonds. The predicted octanol–water partition coefficient (Wildman–Crippen LogP) is 2.72. The minimum absolute atomic E-state index is 0.0556. The molecule has 23 heavy (non-hydrogen) atoms. The van der Waals surface area contributed by atoms with Crippen molar-refractivity contribution in [3.8, 4) is 5.75 Å². The van der Waals surface area contributed by atoms with Gasteiger partial charge in [0.2, 0.25) is 5.91 Å². The second-order valence-corrected chi connectivity index (χ2v) is 5.94. The van der Waals surface area contributed by atoms with Gasteiger partial charge < -0.3 is 9.64 Å². The molecule has 8 heteroatoms. The standard InChI is InChI=1S/C15H16F2N2O4/c16-8-15(9-17)7-12(18-5-1-2-14(18)20)11-6-10(19(21)22)3-4-13(11)23-15/h3-4,6,12H,1-2,5,7-9H2. The highest BCUT2D eigenvalue weighted by Gasteiger charge is 2.46. The lowest BCUT2D eigenvalue weighted by atomic mass is 9.87. The van der Waals surface area contributed by atoms with Crippen LogP contribution in [0.3, 0.4) is 0 Å². The predicted molar refractivity (Wildman–Crippen MR) is 76.7 cm³/mol. The average Bonchev–Trinajstić information content (AvgIpc) is 2.99. The van der Waals surface area contributed by atoms with Crippen LogP contribution in [0.15, 0.2) is 18.2 Å². The monoisotopic (exact) mass is 326 g/mol. The lowest BCUT2D eigenvalue weighted by Gasteiger charge is -2.42. The van der Waals surface area contributed by atoms with Crippen molar-refractivity contribution in [3.05, 3.63) is 33.9 Å². The summed E-state index contributed by atoms with van der Waals surface area (Å²) in [5.41, 5.74) is -1.35. The fourth-order valence-electron chi connectivity index (χ4n) is 3.22. The number of hydrogen-bond acceptors (Lipinski definition) is 4. The summed E-state index contributed by atoms with van der Waals surface area (Å²) in [4.78, 5) is 24.0. The summed E-state index contributed by atoms with van der Waals surface area (Å²) in [5, 5.41) is 11.0. The van der Waals surface area contributed by atoms with Crippen molar-refractivity contribution in [2.45, 2.75) is 30.9 Å². The van der Waals surface area contributed by atoms with E-state index in [1.165, 1.54) is 18.2 Å². The smallest absolute Gasteiger partial charge is 0.270 e. The topological polar surface area (TPSA) is 72.7 Å². The molecule has 124 valence electrons. The number of nitro benzene ring substituents is 1. The van der Waals surface area contributed by atoms with E-state index in [-0.39, 0.29) is 23.8 Å². The van der Waals surface area contributed by atoms with Crippen molar-refractivity contribution in [1.82, 2.24) is 4.90 Å². The Hall–Kier alpha value is -2.25. The largest absolute Gasteiger partial charge is 0.481 e. The number of fused-ring (bicyclic) bond motifs is 1. The quantitative estimate of drug-likeness (QED) is 0.630. The highest BCUT2D eigenvalue weighted by atomic mass is 19.1. The summed E-state index contributed by atoms with van der Waals surface area (Å²) in [5.74, 6) is 0.0859. The minimum Gasteiger partial charge on any atom is -0.481 e. The molecule has 1 atom stereocenters. The maximum Gasteiger partial charge on any atom is 0.270 e. The van der Waals surface area contributed by atoms with Crippen molar-refractivity contribution in [2.24, 2.45) is 0 Å². The fraction of sp³-hybridized carbons (Fsp3) is 0.533. The molecule has 0 radical (unpaired) electrons. The molecule has 1 saturated heterocycles. The molecule has 1 aromatic carbocycles. The Morgan fingerprint density at radius 3 is 2.70 bits per heavy atom. The number of ether oxygens (including phenoxy) is 1. The summed E-state index contributed by atoms with van der Waals surface area (Å²) in [6.07, 6.45) is 0.985. The third-order valence-corrected chi connectivity index (χ3v) is 4.43. The van der Waals surface area contributed by atoms with Crippen molar-refractivity contribution in [1.29, 1.82) is 0 Å². The van der Waals surface area contributed by atoms with E-state index in [1.54, 1.807) is 4.90 Å². The van der Waals surface area contributed by atoms with Gasteiger partial charge in [-0.2, -0.15) is 0 Å². The van der Waals surface area contributed by atoms with Gasteiger partial charge in [0.05, 0.1) is 11.0 Å². The SMILES string of the molecule is O=C1CCCN1C1CC(CF)(CF)Oc2ccc([N+](=O)[O-])cc21. The Morgan fingerprint density at radius 2 is 2.13 bits per heavy atom. The molecule has 1 fully saturated rings. The number of nitro groups is 1. The number of likely N-dealkylation sites (tertiary alicyclic amines) is 1. The van der Waals surface area contributed by atoms with Gasteiger partial charge in [-0.15, -0.1) is 0 Å². The molecular weight excluding hydrogens is 310 g/mol. The molecule has 2 aliphatic heterocycles. The number of halogens is 2. The number of rotatable bonds is 4. The molecule has 6 nitrogen and oxygen atoms in total. The zero-order chi connectivity index (χ0) is 16.6. The van der Waals surface area contributed by atoms with E-state index in [1.807, 2.05) is 0 Å². The van der Waals surface area contributed by atoms with E-state index in [4.69, 9.17) is 4.74 Å². The number of carbonyl (C=O) groups excluding carboxylic acids is 1. The molecule has 0 aromatic heterocycles. The zero-order valence-electron chi connectivity index (χ0n) is 12.3. The van der Waals surface area contributed by atoms with Gasteiger partial charge >= 0.3 is 0 Å². The first-order valence-electron chi connectivity index (χ1n) is 7.38. The zero-order valence-corrected chi connectivity index (χ0v) is 12.3. The molecule has 0 spiro atoms. The Labute approximate surface area is 131 Å². The third-order valence-electron chi connectivity index (χ3n) is 4.43. The van der Waals surface area contributed by atoms with E-state index in [0.29, 0.717) is 24.9 Å². The van der Waals surface area contributed by atoms with Crippen molar-refractivity contribution in [2.75, 3.05) is 19.9 Å². The van der Waals surface area contributed by atoms with E-state index in [2.05, 4.69) is 0 Å². The molecule has 0 bridgehead atoms. The molecule has 3 rings (SSSR count). The van der Waals surface area contributed by atoms with E-state index in [0.717, 1.165) is 0 Å². The van der Waals surface area contributed by atoms with Crippen molar-refractivity contribution >= 4 is 11.6 Å². The van der Waals surface area contributed by atoms with E-state index in [9.17, 15) is 23.7 Å². The number of benzene rings is 1. The molecule has 1 unspecified atom stereocenters. The van der Waals surface area contributed by atoms with Gasteiger partial charge in [0, 0.05) is 37.1 Å².